The third-order valence-electron chi connectivity index (χ3n) is 3.44. The zero-order valence-electron chi connectivity index (χ0n) is 12.4. The van der Waals surface area contributed by atoms with Gasteiger partial charge in [0.25, 0.3) is 0 Å². The van der Waals surface area contributed by atoms with Gasteiger partial charge in [-0.1, -0.05) is 19.8 Å². The first-order valence-corrected chi connectivity index (χ1v) is 7.16. The minimum absolute atomic E-state index is 0.622. The third-order valence-corrected chi connectivity index (χ3v) is 3.44. The maximum Gasteiger partial charge on any atom is 0.328 e. The van der Waals surface area contributed by atoms with E-state index in [1.54, 1.807) is 7.11 Å². The molecular formula is C17H20O4. The summed E-state index contributed by atoms with van der Waals surface area (Å²) in [7, 11) is 1.61. The molecule has 0 aliphatic heterocycles. The van der Waals surface area contributed by atoms with Crippen molar-refractivity contribution in [1.29, 1.82) is 0 Å². The minimum atomic E-state index is -0.979. The van der Waals surface area contributed by atoms with E-state index >= 15 is 0 Å². The van der Waals surface area contributed by atoms with E-state index < -0.39 is 5.97 Å². The summed E-state index contributed by atoms with van der Waals surface area (Å²) in [6, 6.07) is 5.69. The molecule has 0 fully saturated rings. The standard InChI is InChI=1S/C17H20O4/c1-3-4-5-6-13-14-8-7-12(20-2)11-16(14)21-15(13)9-10-17(18)19/h7-11H,3-6H2,1-2H3,(H,18,19). The molecule has 4 heteroatoms. The summed E-state index contributed by atoms with van der Waals surface area (Å²) in [4.78, 5) is 10.7. The molecule has 1 heterocycles. The number of rotatable bonds is 7. The van der Waals surface area contributed by atoms with Crippen LogP contribution in [0.15, 0.2) is 28.7 Å². The number of aliphatic carboxylic acids is 1. The number of carbonyl (C=O) groups is 1. The zero-order chi connectivity index (χ0) is 15.2. The minimum Gasteiger partial charge on any atom is -0.497 e. The van der Waals surface area contributed by atoms with E-state index in [1.165, 1.54) is 6.08 Å². The van der Waals surface area contributed by atoms with Crippen molar-refractivity contribution in [3.8, 4) is 5.75 Å². The molecule has 0 radical (unpaired) electrons. The quantitative estimate of drug-likeness (QED) is 0.610. The number of hydrogen-bond acceptors (Lipinski definition) is 3. The molecule has 4 nitrogen and oxygen atoms in total. The summed E-state index contributed by atoms with van der Waals surface area (Å²) >= 11 is 0. The number of unbranched alkanes of at least 4 members (excludes halogenated alkanes) is 2. The molecule has 0 aliphatic carbocycles. The smallest absolute Gasteiger partial charge is 0.328 e. The topological polar surface area (TPSA) is 59.7 Å². The van der Waals surface area contributed by atoms with Gasteiger partial charge in [0.2, 0.25) is 0 Å². The Morgan fingerprint density at radius 3 is 2.86 bits per heavy atom. The van der Waals surface area contributed by atoms with Crippen LogP contribution in [0.2, 0.25) is 0 Å². The van der Waals surface area contributed by atoms with Crippen molar-refractivity contribution in [2.45, 2.75) is 32.6 Å². The molecule has 0 amide bonds. The van der Waals surface area contributed by atoms with Gasteiger partial charge >= 0.3 is 5.97 Å². The highest BCUT2D eigenvalue weighted by atomic mass is 16.5. The fraction of sp³-hybridized carbons (Fsp3) is 0.353. The van der Waals surface area contributed by atoms with Crippen molar-refractivity contribution in [1.82, 2.24) is 0 Å². The number of hydrogen-bond donors (Lipinski definition) is 1. The highest BCUT2D eigenvalue weighted by Crippen LogP contribution is 2.31. The van der Waals surface area contributed by atoms with Crippen molar-refractivity contribution in [2.75, 3.05) is 7.11 Å². The van der Waals surface area contributed by atoms with Gasteiger partial charge < -0.3 is 14.3 Å². The first-order valence-electron chi connectivity index (χ1n) is 7.16. The SMILES string of the molecule is CCCCCc1c(C=CC(=O)O)oc2cc(OC)ccc12. The summed E-state index contributed by atoms with van der Waals surface area (Å²) < 4.78 is 11.0. The highest BCUT2D eigenvalue weighted by Gasteiger charge is 2.13. The summed E-state index contributed by atoms with van der Waals surface area (Å²) in [5.41, 5.74) is 1.80. The molecule has 0 saturated carbocycles. The second-order valence-corrected chi connectivity index (χ2v) is 4.94. The second kappa shape index (κ2) is 6.97. The van der Waals surface area contributed by atoms with Crippen LogP contribution in [0.5, 0.6) is 5.75 Å². The Morgan fingerprint density at radius 2 is 2.19 bits per heavy atom. The normalized spacial score (nSPS) is 11.3. The fourth-order valence-electron chi connectivity index (χ4n) is 2.37. The predicted octanol–water partition coefficient (Wildman–Crippen LogP) is 4.27. The second-order valence-electron chi connectivity index (χ2n) is 4.94. The predicted molar refractivity (Wildman–Crippen MR) is 82.7 cm³/mol. The van der Waals surface area contributed by atoms with Crippen LogP contribution in [-0.2, 0) is 11.2 Å². The maximum absolute atomic E-state index is 10.7. The Labute approximate surface area is 124 Å². The molecule has 1 N–H and O–H groups in total. The first kappa shape index (κ1) is 15.2. The molecule has 112 valence electrons. The van der Waals surface area contributed by atoms with Crippen LogP contribution in [0.4, 0.5) is 0 Å². The van der Waals surface area contributed by atoms with Gasteiger partial charge in [0.05, 0.1) is 7.11 Å². The maximum atomic E-state index is 10.7. The summed E-state index contributed by atoms with van der Waals surface area (Å²) in [5, 5.41) is 9.81. The van der Waals surface area contributed by atoms with E-state index in [2.05, 4.69) is 6.92 Å². The molecule has 2 aromatic rings. The van der Waals surface area contributed by atoms with Gasteiger partial charge in [-0.05, 0) is 31.1 Å². The Hall–Kier alpha value is -2.23. The van der Waals surface area contributed by atoms with Gasteiger partial charge in [-0.3, -0.25) is 0 Å². The number of carboxylic acid groups (broad SMARTS) is 1. The lowest BCUT2D eigenvalue weighted by atomic mass is 10.0. The van der Waals surface area contributed by atoms with Crippen LogP contribution < -0.4 is 4.74 Å². The number of carboxylic acids is 1. The lowest BCUT2D eigenvalue weighted by Crippen LogP contribution is -1.89. The molecular weight excluding hydrogens is 268 g/mol. The number of fused-ring (bicyclic) bond motifs is 1. The van der Waals surface area contributed by atoms with E-state index in [0.717, 1.165) is 54.0 Å². The number of methoxy groups -OCH3 is 1. The van der Waals surface area contributed by atoms with Crippen molar-refractivity contribution in [3.05, 3.63) is 35.6 Å². The van der Waals surface area contributed by atoms with Crippen LogP contribution in [0, 0.1) is 0 Å². The summed E-state index contributed by atoms with van der Waals surface area (Å²) in [5.74, 6) is 0.370. The van der Waals surface area contributed by atoms with Gasteiger partial charge in [0.1, 0.15) is 17.1 Å². The van der Waals surface area contributed by atoms with E-state index in [4.69, 9.17) is 14.3 Å². The average Bonchev–Trinajstić information content (AvgIpc) is 2.82. The zero-order valence-corrected chi connectivity index (χ0v) is 12.4. The molecule has 1 aromatic carbocycles. The van der Waals surface area contributed by atoms with Gasteiger partial charge in [-0.25, -0.2) is 4.79 Å². The monoisotopic (exact) mass is 288 g/mol. The molecule has 0 atom stereocenters. The van der Waals surface area contributed by atoms with E-state index in [9.17, 15) is 4.79 Å². The molecule has 1 aromatic heterocycles. The van der Waals surface area contributed by atoms with E-state index in [0.29, 0.717) is 5.76 Å². The van der Waals surface area contributed by atoms with Gasteiger partial charge in [-0.15, -0.1) is 0 Å². The van der Waals surface area contributed by atoms with Crippen LogP contribution in [0.1, 0.15) is 37.5 Å². The number of ether oxygens (including phenoxy) is 1. The molecule has 0 unspecified atom stereocenters. The fourth-order valence-corrected chi connectivity index (χ4v) is 2.37. The Morgan fingerprint density at radius 1 is 1.38 bits per heavy atom. The average molecular weight is 288 g/mol. The Kier molecular flexibility index (Phi) is 5.04. The highest BCUT2D eigenvalue weighted by molar-refractivity contribution is 5.89. The number of furan rings is 1. The Balaban J connectivity index is 2.42. The molecule has 2 rings (SSSR count). The molecule has 21 heavy (non-hydrogen) atoms. The van der Waals surface area contributed by atoms with Crippen molar-refractivity contribution in [3.63, 3.8) is 0 Å². The number of aryl methyl sites for hydroxylation is 1. The van der Waals surface area contributed by atoms with Crippen LogP contribution in [0.25, 0.3) is 17.0 Å². The van der Waals surface area contributed by atoms with Crippen molar-refractivity contribution < 1.29 is 19.1 Å². The first-order chi connectivity index (χ1) is 10.2. The molecule has 0 aliphatic rings. The van der Waals surface area contributed by atoms with Crippen molar-refractivity contribution >= 4 is 23.0 Å². The lowest BCUT2D eigenvalue weighted by molar-refractivity contribution is -0.131. The van der Waals surface area contributed by atoms with Gasteiger partial charge in [0, 0.05) is 23.1 Å². The van der Waals surface area contributed by atoms with E-state index in [1.807, 2.05) is 18.2 Å². The molecule has 0 spiro atoms. The van der Waals surface area contributed by atoms with Gasteiger partial charge in [-0.2, -0.15) is 0 Å². The van der Waals surface area contributed by atoms with Crippen LogP contribution in [-0.4, -0.2) is 18.2 Å². The lowest BCUT2D eigenvalue weighted by Gasteiger charge is -2.01. The van der Waals surface area contributed by atoms with Crippen LogP contribution in [0.3, 0.4) is 0 Å². The largest absolute Gasteiger partial charge is 0.497 e. The summed E-state index contributed by atoms with van der Waals surface area (Å²) in [6.07, 6.45) is 6.86. The Bertz CT molecular complexity index is 652. The third kappa shape index (κ3) is 3.66. The van der Waals surface area contributed by atoms with Gasteiger partial charge in [0.15, 0.2) is 0 Å². The van der Waals surface area contributed by atoms with Crippen molar-refractivity contribution in [2.24, 2.45) is 0 Å². The van der Waals surface area contributed by atoms with Crippen LogP contribution >= 0.6 is 0 Å². The molecule has 0 saturated heterocycles. The molecule has 0 bridgehead atoms. The summed E-state index contributed by atoms with van der Waals surface area (Å²) in [6.45, 7) is 2.16. The number of benzene rings is 1. The van der Waals surface area contributed by atoms with E-state index in [-0.39, 0.29) is 0 Å².